The van der Waals surface area contributed by atoms with Crippen LogP contribution in [0.2, 0.25) is 0 Å². The van der Waals surface area contributed by atoms with E-state index >= 15 is 0 Å². The number of carbonyl (C=O) groups excluding carboxylic acids is 2. The predicted molar refractivity (Wildman–Crippen MR) is 92.6 cm³/mol. The van der Waals surface area contributed by atoms with Gasteiger partial charge in [0.2, 0.25) is 5.91 Å². The molecule has 1 saturated carbocycles. The van der Waals surface area contributed by atoms with E-state index in [1.165, 1.54) is 25.6 Å². The van der Waals surface area contributed by atoms with Crippen molar-refractivity contribution >= 4 is 17.6 Å². The molecule has 1 aliphatic carbocycles. The molecule has 5 nitrogen and oxygen atoms in total. The molecule has 130 valence electrons. The molecule has 0 aromatic heterocycles. The minimum absolute atomic E-state index is 0.219. The van der Waals surface area contributed by atoms with Gasteiger partial charge in [0, 0.05) is 25.3 Å². The lowest BCUT2D eigenvalue weighted by molar-refractivity contribution is -0.152. The van der Waals surface area contributed by atoms with E-state index in [2.05, 4.69) is 29.3 Å². The summed E-state index contributed by atoms with van der Waals surface area (Å²) in [5.74, 6) is 0.179. The van der Waals surface area contributed by atoms with Gasteiger partial charge in [0.15, 0.2) is 0 Å². The van der Waals surface area contributed by atoms with Crippen LogP contribution in [-0.2, 0) is 20.9 Å². The molecule has 1 aliphatic heterocycles. The fraction of sp³-hybridized carbons (Fsp3) is 0.579. The summed E-state index contributed by atoms with van der Waals surface area (Å²) >= 11 is 0. The van der Waals surface area contributed by atoms with Crippen LogP contribution in [0.15, 0.2) is 24.3 Å². The van der Waals surface area contributed by atoms with E-state index in [1.807, 2.05) is 12.1 Å². The molecule has 5 heteroatoms. The Bertz CT molecular complexity index is 600. The number of esters is 1. The number of amides is 1. The van der Waals surface area contributed by atoms with Crippen LogP contribution >= 0.6 is 0 Å². The first-order valence-electron chi connectivity index (χ1n) is 8.76. The van der Waals surface area contributed by atoms with E-state index in [-0.39, 0.29) is 5.91 Å². The number of carbonyl (C=O) groups is 2. The van der Waals surface area contributed by atoms with Crippen LogP contribution in [0.4, 0.5) is 5.69 Å². The molecular formula is C19H26N2O3. The molecular weight excluding hydrogens is 304 g/mol. The minimum Gasteiger partial charge on any atom is -0.468 e. The Hall–Kier alpha value is -2.04. The number of hydrogen-bond donors (Lipinski definition) is 1. The number of rotatable bonds is 5. The highest BCUT2D eigenvalue weighted by Gasteiger charge is 2.57. The van der Waals surface area contributed by atoms with E-state index in [0.29, 0.717) is 19.4 Å². The Morgan fingerprint density at radius 1 is 1.21 bits per heavy atom. The highest BCUT2D eigenvalue weighted by atomic mass is 16.5. The molecule has 0 spiro atoms. The summed E-state index contributed by atoms with van der Waals surface area (Å²) < 4.78 is 4.74. The van der Waals surface area contributed by atoms with Crippen molar-refractivity contribution in [3.8, 4) is 0 Å². The van der Waals surface area contributed by atoms with E-state index in [0.717, 1.165) is 24.6 Å². The predicted octanol–water partition coefficient (Wildman–Crippen LogP) is 2.49. The second kappa shape index (κ2) is 6.83. The summed E-state index contributed by atoms with van der Waals surface area (Å²) in [5, 5.41) is 2.87. The maximum Gasteiger partial charge on any atom is 0.321 e. The zero-order valence-corrected chi connectivity index (χ0v) is 14.5. The molecule has 1 N–H and O–H groups in total. The number of ether oxygens (including phenoxy) is 1. The monoisotopic (exact) mass is 330 g/mol. The number of hydrogen-bond acceptors (Lipinski definition) is 4. The van der Waals surface area contributed by atoms with Gasteiger partial charge in [0.1, 0.15) is 5.41 Å². The first-order chi connectivity index (χ1) is 11.5. The molecule has 2 fully saturated rings. The van der Waals surface area contributed by atoms with Crippen LogP contribution in [0, 0.1) is 11.3 Å². The third-order valence-corrected chi connectivity index (χ3v) is 5.30. The van der Waals surface area contributed by atoms with Gasteiger partial charge in [-0.25, -0.2) is 0 Å². The summed E-state index contributed by atoms with van der Waals surface area (Å²) in [4.78, 5) is 26.3. The standard InChI is InChI=1S/C19H26N2O3/c1-14-7-11-21(12-8-14)16-5-3-15(4-6-16)13-20-17(22)19(9-10-19)18(23)24-2/h3-6,14H,7-13H2,1-2H3,(H,20,22). The number of nitrogens with one attached hydrogen (secondary N) is 1. The van der Waals surface area contributed by atoms with Gasteiger partial charge < -0.3 is 15.0 Å². The molecule has 1 aromatic rings. The van der Waals surface area contributed by atoms with Crippen molar-refractivity contribution in [1.82, 2.24) is 5.32 Å². The summed E-state index contributed by atoms with van der Waals surface area (Å²) in [6.45, 7) is 4.97. The van der Waals surface area contributed by atoms with Gasteiger partial charge >= 0.3 is 5.97 Å². The van der Waals surface area contributed by atoms with Crippen molar-refractivity contribution in [1.29, 1.82) is 0 Å². The Labute approximate surface area is 143 Å². The van der Waals surface area contributed by atoms with Crippen molar-refractivity contribution in [3.05, 3.63) is 29.8 Å². The molecule has 0 unspecified atom stereocenters. The number of anilines is 1. The van der Waals surface area contributed by atoms with E-state index in [4.69, 9.17) is 4.74 Å². The topological polar surface area (TPSA) is 58.6 Å². The van der Waals surface area contributed by atoms with Gasteiger partial charge in [-0.2, -0.15) is 0 Å². The molecule has 0 radical (unpaired) electrons. The zero-order valence-electron chi connectivity index (χ0n) is 14.5. The van der Waals surface area contributed by atoms with Gasteiger partial charge in [-0.15, -0.1) is 0 Å². The van der Waals surface area contributed by atoms with Crippen LogP contribution in [0.3, 0.4) is 0 Å². The van der Waals surface area contributed by atoms with Crippen molar-refractivity contribution in [2.45, 2.75) is 39.2 Å². The number of nitrogens with zero attached hydrogens (tertiary/aromatic N) is 1. The van der Waals surface area contributed by atoms with Crippen LogP contribution in [-0.4, -0.2) is 32.1 Å². The zero-order chi connectivity index (χ0) is 17.2. The maximum atomic E-state index is 12.2. The normalized spacial score (nSPS) is 19.7. The molecule has 24 heavy (non-hydrogen) atoms. The van der Waals surface area contributed by atoms with Gasteiger partial charge in [-0.3, -0.25) is 9.59 Å². The summed E-state index contributed by atoms with van der Waals surface area (Å²) in [5.41, 5.74) is 1.35. The fourth-order valence-electron chi connectivity index (χ4n) is 3.29. The summed E-state index contributed by atoms with van der Waals surface area (Å²) in [6, 6.07) is 8.33. The van der Waals surface area contributed by atoms with Gasteiger partial charge in [0.05, 0.1) is 7.11 Å². The average molecular weight is 330 g/mol. The Morgan fingerprint density at radius 3 is 2.38 bits per heavy atom. The van der Waals surface area contributed by atoms with Crippen LogP contribution in [0.5, 0.6) is 0 Å². The van der Waals surface area contributed by atoms with E-state index in [1.54, 1.807) is 0 Å². The lowest BCUT2D eigenvalue weighted by Crippen LogP contribution is -2.37. The fourth-order valence-corrected chi connectivity index (χ4v) is 3.29. The molecule has 0 bridgehead atoms. The van der Waals surface area contributed by atoms with Gasteiger partial charge in [-0.1, -0.05) is 19.1 Å². The summed E-state index contributed by atoms with van der Waals surface area (Å²) in [7, 11) is 1.33. The van der Waals surface area contributed by atoms with Crippen LogP contribution < -0.4 is 10.2 Å². The lowest BCUT2D eigenvalue weighted by atomic mass is 9.98. The Balaban J connectivity index is 1.53. The molecule has 0 atom stereocenters. The number of methoxy groups -OCH3 is 1. The second-order valence-electron chi connectivity index (χ2n) is 7.09. The third kappa shape index (κ3) is 3.40. The smallest absolute Gasteiger partial charge is 0.321 e. The maximum absolute atomic E-state index is 12.2. The molecule has 1 saturated heterocycles. The highest BCUT2D eigenvalue weighted by molar-refractivity contribution is 6.05. The highest BCUT2D eigenvalue weighted by Crippen LogP contribution is 2.46. The molecule has 1 aromatic carbocycles. The molecule has 1 amide bonds. The molecule has 2 aliphatic rings. The minimum atomic E-state index is -0.931. The van der Waals surface area contributed by atoms with Crippen LogP contribution in [0.25, 0.3) is 0 Å². The summed E-state index contributed by atoms with van der Waals surface area (Å²) in [6.07, 6.45) is 3.65. The van der Waals surface area contributed by atoms with Crippen molar-refractivity contribution in [2.24, 2.45) is 11.3 Å². The SMILES string of the molecule is COC(=O)C1(C(=O)NCc2ccc(N3CCC(C)CC3)cc2)CC1. The Kier molecular flexibility index (Phi) is 4.78. The largest absolute Gasteiger partial charge is 0.468 e. The first kappa shape index (κ1) is 16.8. The number of benzene rings is 1. The lowest BCUT2D eigenvalue weighted by Gasteiger charge is -2.32. The quantitative estimate of drug-likeness (QED) is 0.666. The van der Waals surface area contributed by atoms with E-state index in [9.17, 15) is 9.59 Å². The van der Waals surface area contributed by atoms with Crippen molar-refractivity contribution < 1.29 is 14.3 Å². The Morgan fingerprint density at radius 2 is 1.83 bits per heavy atom. The van der Waals surface area contributed by atoms with Crippen molar-refractivity contribution in [3.63, 3.8) is 0 Å². The van der Waals surface area contributed by atoms with Gasteiger partial charge in [0.25, 0.3) is 0 Å². The van der Waals surface area contributed by atoms with E-state index < -0.39 is 11.4 Å². The average Bonchev–Trinajstić information content (AvgIpc) is 3.42. The van der Waals surface area contributed by atoms with Crippen LogP contribution in [0.1, 0.15) is 38.2 Å². The first-order valence-corrected chi connectivity index (χ1v) is 8.76. The molecule has 3 rings (SSSR count). The third-order valence-electron chi connectivity index (χ3n) is 5.30. The second-order valence-corrected chi connectivity index (χ2v) is 7.09. The van der Waals surface area contributed by atoms with Gasteiger partial charge in [-0.05, 0) is 49.3 Å². The molecule has 1 heterocycles. The van der Waals surface area contributed by atoms with Crippen molar-refractivity contribution in [2.75, 3.05) is 25.1 Å². The number of piperidine rings is 1.